The highest BCUT2D eigenvalue weighted by Crippen LogP contribution is 2.14. The van der Waals surface area contributed by atoms with Crippen LogP contribution in [0.15, 0.2) is 23.2 Å². The van der Waals surface area contributed by atoms with E-state index in [9.17, 15) is 13.2 Å². The molecule has 1 heterocycles. The number of esters is 1. The van der Waals surface area contributed by atoms with Gasteiger partial charge in [0.05, 0.1) is 12.0 Å². The largest absolute Gasteiger partial charge is 0.464 e. The fourth-order valence-corrected chi connectivity index (χ4v) is 1.54. The Morgan fingerprint density at radius 1 is 1.57 bits per heavy atom. The molecule has 0 aromatic carbocycles. The number of ether oxygens (including phenoxy) is 1. The number of hydrogen-bond acceptors (Lipinski definition) is 5. The zero-order valence-corrected chi connectivity index (χ0v) is 8.67. The van der Waals surface area contributed by atoms with Crippen LogP contribution in [0, 0.1) is 0 Å². The first-order valence-electron chi connectivity index (χ1n) is 3.44. The fraction of sp³-hybridized carbons (Fsp3) is 0.143. The molecule has 0 amide bonds. The van der Waals surface area contributed by atoms with E-state index in [0.717, 1.165) is 6.07 Å². The first kappa shape index (κ1) is 10.9. The first-order chi connectivity index (χ1) is 6.45. The second-order valence-electron chi connectivity index (χ2n) is 2.31. The molecule has 1 aromatic rings. The van der Waals surface area contributed by atoms with Gasteiger partial charge in [-0.05, 0) is 12.1 Å². The maximum atomic E-state index is 11.0. The van der Waals surface area contributed by atoms with E-state index < -0.39 is 15.0 Å². The van der Waals surface area contributed by atoms with E-state index >= 15 is 0 Å². The summed E-state index contributed by atoms with van der Waals surface area (Å²) in [5, 5.41) is 0. The van der Waals surface area contributed by atoms with Gasteiger partial charge in [0.1, 0.15) is 5.69 Å². The zero-order chi connectivity index (χ0) is 10.8. The van der Waals surface area contributed by atoms with Crippen molar-refractivity contribution in [2.45, 2.75) is 4.90 Å². The average Bonchev–Trinajstić information content (AvgIpc) is 2.15. The van der Waals surface area contributed by atoms with Gasteiger partial charge < -0.3 is 4.74 Å². The van der Waals surface area contributed by atoms with E-state index in [1.807, 2.05) is 0 Å². The van der Waals surface area contributed by atoms with Gasteiger partial charge in [0.25, 0.3) is 9.05 Å². The van der Waals surface area contributed by atoms with Crippen LogP contribution in [0.4, 0.5) is 0 Å². The maximum absolute atomic E-state index is 11.0. The molecule has 0 saturated heterocycles. The summed E-state index contributed by atoms with van der Waals surface area (Å²) in [7, 11) is 2.40. The third kappa shape index (κ3) is 2.43. The third-order valence-corrected chi connectivity index (χ3v) is 2.76. The monoisotopic (exact) mass is 235 g/mol. The Bertz CT molecular complexity index is 457. The Balaban J connectivity index is 3.21. The second-order valence-corrected chi connectivity index (χ2v) is 4.87. The van der Waals surface area contributed by atoms with Crippen molar-refractivity contribution in [3.63, 3.8) is 0 Å². The molecular formula is C7H6ClNO4S. The van der Waals surface area contributed by atoms with Crippen LogP contribution < -0.4 is 0 Å². The highest BCUT2D eigenvalue weighted by atomic mass is 35.7. The van der Waals surface area contributed by atoms with Gasteiger partial charge in [-0.15, -0.1) is 0 Å². The molecule has 0 bridgehead atoms. The second kappa shape index (κ2) is 3.93. The van der Waals surface area contributed by atoms with Gasteiger partial charge in [-0.2, -0.15) is 0 Å². The van der Waals surface area contributed by atoms with Gasteiger partial charge in [-0.3, -0.25) is 0 Å². The van der Waals surface area contributed by atoms with Crippen LogP contribution in [0.1, 0.15) is 10.5 Å². The number of halogens is 1. The minimum absolute atomic E-state index is 0.103. The zero-order valence-electron chi connectivity index (χ0n) is 7.10. The topological polar surface area (TPSA) is 73.3 Å². The number of rotatable bonds is 2. The lowest BCUT2D eigenvalue weighted by atomic mass is 10.3. The van der Waals surface area contributed by atoms with E-state index in [0.29, 0.717) is 0 Å². The van der Waals surface area contributed by atoms with Crippen LogP contribution in [-0.4, -0.2) is 26.5 Å². The predicted octanol–water partition coefficient (Wildman–Crippen LogP) is 0.796. The van der Waals surface area contributed by atoms with E-state index in [4.69, 9.17) is 10.7 Å². The first-order valence-corrected chi connectivity index (χ1v) is 5.75. The number of aromatic nitrogens is 1. The molecule has 14 heavy (non-hydrogen) atoms. The van der Waals surface area contributed by atoms with E-state index in [-0.39, 0.29) is 10.6 Å². The standard InChI is InChI=1S/C7H6ClNO4S/c1-13-7(10)6-4-5(2-3-9-6)14(8,11)12/h2-4H,1H3. The van der Waals surface area contributed by atoms with Crippen molar-refractivity contribution in [3.05, 3.63) is 24.0 Å². The highest BCUT2D eigenvalue weighted by Gasteiger charge is 2.14. The molecule has 0 aliphatic carbocycles. The summed E-state index contributed by atoms with van der Waals surface area (Å²) in [5.41, 5.74) is -0.103. The Hall–Kier alpha value is -1.14. The van der Waals surface area contributed by atoms with Gasteiger partial charge >= 0.3 is 5.97 Å². The lowest BCUT2D eigenvalue weighted by molar-refractivity contribution is 0.0593. The van der Waals surface area contributed by atoms with Gasteiger partial charge in [0.15, 0.2) is 0 Å². The summed E-state index contributed by atoms with van der Waals surface area (Å²) in [6.07, 6.45) is 1.17. The number of pyridine rings is 1. The molecule has 0 aliphatic rings. The quantitative estimate of drug-likeness (QED) is 0.560. The Morgan fingerprint density at radius 2 is 2.21 bits per heavy atom. The minimum Gasteiger partial charge on any atom is -0.464 e. The fourth-order valence-electron chi connectivity index (χ4n) is 0.779. The third-order valence-electron chi connectivity index (χ3n) is 1.41. The molecule has 0 N–H and O–H groups in total. The molecule has 0 atom stereocenters. The molecule has 5 nitrogen and oxygen atoms in total. The van der Waals surface area contributed by atoms with Gasteiger partial charge in [-0.25, -0.2) is 18.2 Å². The van der Waals surface area contributed by atoms with Crippen molar-refractivity contribution < 1.29 is 17.9 Å². The summed E-state index contributed by atoms with van der Waals surface area (Å²) in [4.78, 5) is 14.4. The Labute approximate surface area is 85.1 Å². The smallest absolute Gasteiger partial charge is 0.356 e. The molecule has 0 saturated carbocycles. The summed E-state index contributed by atoms with van der Waals surface area (Å²) in [5.74, 6) is -0.716. The van der Waals surface area contributed by atoms with Crippen molar-refractivity contribution in [1.82, 2.24) is 4.98 Å². The number of carbonyl (C=O) groups excluding carboxylic acids is 1. The van der Waals surface area contributed by atoms with Crippen molar-refractivity contribution in [2.24, 2.45) is 0 Å². The number of methoxy groups -OCH3 is 1. The normalized spacial score (nSPS) is 11.0. The van der Waals surface area contributed by atoms with Crippen molar-refractivity contribution in [1.29, 1.82) is 0 Å². The number of carbonyl (C=O) groups is 1. The SMILES string of the molecule is COC(=O)c1cc(S(=O)(=O)Cl)ccn1. The van der Waals surface area contributed by atoms with Crippen LogP contribution in [0.2, 0.25) is 0 Å². The maximum Gasteiger partial charge on any atom is 0.356 e. The summed E-state index contributed by atoms with van der Waals surface area (Å²) >= 11 is 0. The van der Waals surface area contributed by atoms with Gasteiger partial charge in [-0.1, -0.05) is 0 Å². The van der Waals surface area contributed by atoms with Crippen LogP contribution in [0.3, 0.4) is 0 Å². The van der Waals surface area contributed by atoms with Crippen molar-refractivity contribution in [3.8, 4) is 0 Å². The molecule has 7 heteroatoms. The molecule has 0 radical (unpaired) electrons. The van der Waals surface area contributed by atoms with E-state index in [1.165, 1.54) is 19.4 Å². The lowest BCUT2D eigenvalue weighted by Crippen LogP contribution is -2.05. The molecule has 0 unspecified atom stereocenters. The number of hydrogen-bond donors (Lipinski definition) is 0. The van der Waals surface area contributed by atoms with Crippen LogP contribution >= 0.6 is 10.7 Å². The van der Waals surface area contributed by atoms with Gasteiger partial charge in [0, 0.05) is 16.9 Å². The lowest BCUT2D eigenvalue weighted by Gasteiger charge is -1.99. The summed E-state index contributed by atoms with van der Waals surface area (Å²) < 4.78 is 26.1. The Kier molecular flexibility index (Phi) is 3.07. The molecule has 1 rings (SSSR count). The molecule has 0 aliphatic heterocycles. The predicted molar refractivity (Wildman–Crippen MR) is 48.6 cm³/mol. The summed E-state index contributed by atoms with van der Waals surface area (Å²) in [6.45, 7) is 0. The van der Waals surface area contributed by atoms with Crippen LogP contribution in [0.5, 0.6) is 0 Å². The average molecular weight is 236 g/mol. The molecule has 76 valence electrons. The van der Waals surface area contributed by atoms with Crippen LogP contribution in [-0.2, 0) is 13.8 Å². The van der Waals surface area contributed by atoms with E-state index in [1.54, 1.807) is 0 Å². The molecular weight excluding hydrogens is 230 g/mol. The summed E-state index contributed by atoms with van der Waals surface area (Å²) in [6, 6.07) is 2.24. The molecule has 1 aromatic heterocycles. The van der Waals surface area contributed by atoms with E-state index in [2.05, 4.69) is 9.72 Å². The number of nitrogens with zero attached hydrogens (tertiary/aromatic N) is 1. The highest BCUT2D eigenvalue weighted by molar-refractivity contribution is 8.13. The minimum atomic E-state index is -3.84. The van der Waals surface area contributed by atoms with Crippen molar-refractivity contribution in [2.75, 3.05) is 7.11 Å². The Morgan fingerprint density at radius 3 is 2.71 bits per heavy atom. The van der Waals surface area contributed by atoms with Gasteiger partial charge in [0.2, 0.25) is 0 Å². The van der Waals surface area contributed by atoms with Crippen molar-refractivity contribution >= 4 is 25.7 Å². The molecule has 0 spiro atoms. The van der Waals surface area contributed by atoms with Crippen LogP contribution in [0.25, 0.3) is 0 Å². The molecule has 0 fully saturated rings.